The van der Waals surface area contributed by atoms with Crippen LogP contribution in [0.2, 0.25) is 0 Å². The molecule has 2 N–H and O–H groups in total. The van der Waals surface area contributed by atoms with Crippen LogP contribution in [-0.4, -0.2) is 27.9 Å². The van der Waals surface area contributed by atoms with E-state index in [1.54, 1.807) is 12.1 Å². The maximum absolute atomic E-state index is 12.3. The number of anilines is 1. The van der Waals surface area contributed by atoms with E-state index in [1.165, 1.54) is 31.6 Å². The van der Waals surface area contributed by atoms with E-state index in [9.17, 15) is 14.9 Å². The van der Waals surface area contributed by atoms with Gasteiger partial charge < -0.3 is 15.0 Å². The lowest BCUT2D eigenvalue weighted by Crippen LogP contribution is -2.12. The molecule has 0 saturated carbocycles. The maximum Gasteiger partial charge on any atom is 0.311 e. The Balaban J connectivity index is 1.93. The van der Waals surface area contributed by atoms with Gasteiger partial charge in [0.15, 0.2) is 5.75 Å². The molecule has 0 radical (unpaired) electrons. The van der Waals surface area contributed by atoms with Gasteiger partial charge in [0.1, 0.15) is 5.52 Å². The van der Waals surface area contributed by atoms with E-state index < -0.39 is 10.8 Å². The molecule has 116 valence electrons. The molecule has 0 aliphatic rings. The lowest BCUT2D eigenvalue weighted by molar-refractivity contribution is -0.385. The Morgan fingerprint density at radius 3 is 2.91 bits per heavy atom. The number of aromatic amines is 1. The molecule has 23 heavy (non-hydrogen) atoms. The predicted molar refractivity (Wildman–Crippen MR) is 83.7 cm³/mol. The van der Waals surface area contributed by atoms with Gasteiger partial charge in [-0.05, 0) is 24.3 Å². The van der Waals surface area contributed by atoms with Gasteiger partial charge in [-0.25, -0.2) is 4.98 Å². The molecule has 1 amide bonds. The Morgan fingerprint density at radius 1 is 1.35 bits per heavy atom. The third-order valence-corrected chi connectivity index (χ3v) is 3.34. The van der Waals surface area contributed by atoms with Gasteiger partial charge in [-0.1, -0.05) is 6.07 Å². The number of aromatic nitrogens is 2. The second kappa shape index (κ2) is 5.76. The van der Waals surface area contributed by atoms with Crippen molar-refractivity contribution in [1.29, 1.82) is 0 Å². The van der Waals surface area contributed by atoms with Gasteiger partial charge in [-0.2, -0.15) is 0 Å². The summed E-state index contributed by atoms with van der Waals surface area (Å²) in [4.78, 5) is 29.9. The average Bonchev–Trinajstić information content (AvgIpc) is 3.03. The van der Waals surface area contributed by atoms with Crippen LogP contribution in [0.25, 0.3) is 11.0 Å². The zero-order chi connectivity index (χ0) is 16.4. The lowest BCUT2D eigenvalue weighted by Gasteiger charge is -2.07. The number of carbonyl (C=O) groups is 1. The molecule has 0 bridgehead atoms. The van der Waals surface area contributed by atoms with Gasteiger partial charge in [-0.15, -0.1) is 0 Å². The second-order valence-corrected chi connectivity index (χ2v) is 4.70. The average molecular weight is 312 g/mol. The fourth-order valence-corrected chi connectivity index (χ4v) is 2.23. The largest absolute Gasteiger partial charge is 0.490 e. The summed E-state index contributed by atoms with van der Waals surface area (Å²) in [7, 11) is 1.33. The molecular weight excluding hydrogens is 300 g/mol. The van der Waals surface area contributed by atoms with Crippen LogP contribution in [0.1, 0.15) is 10.4 Å². The highest BCUT2D eigenvalue weighted by Crippen LogP contribution is 2.28. The molecule has 0 aliphatic heterocycles. The molecule has 1 aromatic heterocycles. The molecule has 0 fully saturated rings. The van der Waals surface area contributed by atoms with Crippen molar-refractivity contribution in [2.75, 3.05) is 12.4 Å². The number of para-hydroxylation sites is 1. The molecule has 0 atom stereocenters. The number of nitrogens with zero attached hydrogens (tertiary/aromatic N) is 2. The Hall–Kier alpha value is -3.42. The van der Waals surface area contributed by atoms with Crippen LogP contribution in [0.15, 0.2) is 42.7 Å². The summed E-state index contributed by atoms with van der Waals surface area (Å²) in [6, 6.07) is 9.34. The number of rotatable bonds is 4. The first-order valence-electron chi connectivity index (χ1n) is 6.66. The van der Waals surface area contributed by atoms with Crippen LogP contribution >= 0.6 is 0 Å². The SMILES string of the molecule is COc1ccc(C(=O)Nc2cccc3[nH]cnc23)cc1[N+](=O)[O-]. The van der Waals surface area contributed by atoms with E-state index in [4.69, 9.17) is 4.74 Å². The third-order valence-electron chi connectivity index (χ3n) is 3.34. The Kier molecular flexibility index (Phi) is 3.63. The summed E-state index contributed by atoms with van der Waals surface area (Å²) in [6.07, 6.45) is 1.53. The van der Waals surface area contributed by atoms with Gasteiger partial charge in [0.05, 0.1) is 29.6 Å². The lowest BCUT2D eigenvalue weighted by atomic mass is 10.1. The van der Waals surface area contributed by atoms with Gasteiger partial charge in [0.2, 0.25) is 0 Å². The summed E-state index contributed by atoms with van der Waals surface area (Å²) in [5, 5.41) is 13.7. The summed E-state index contributed by atoms with van der Waals surface area (Å²) >= 11 is 0. The Morgan fingerprint density at radius 2 is 2.17 bits per heavy atom. The number of nitro benzene ring substituents is 1. The van der Waals surface area contributed by atoms with Crippen molar-refractivity contribution in [1.82, 2.24) is 9.97 Å². The molecule has 3 aromatic rings. The van der Waals surface area contributed by atoms with Crippen molar-refractivity contribution >= 4 is 28.3 Å². The first-order chi connectivity index (χ1) is 11.1. The molecule has 3 rings (SSSR count). The molecule has 8 nitrogen and oxygen atoms in total. The minimum Gasteiger partial charge on any atom is -0.490 e. The van der Waals surface area contributed by atoms with Crippen LogP contribution in [0.4, 0.5) is 11.4 Å². The number of amides is 1. The molecule has 8 heteroatoms. The zero-order valence-corrected chi connectivity index (χ0v) is 12.1. The predicted octanol–water partition coefficient (Wildman–Crippen LogP) is 2.73. The molecular formula is C15H12N4O4. The standard InChI is InChI=1S/C15H12N4O4/c1-23-13-6-5-9(7-12(13)19(21)22)15(20)18-11-4-2-3-10-14(11)17-8-16-10/h2-8H,1H3,(H,16,17)(H,18,20). The number of hydrogen-bond acceptors (Lipinski definition) is 5. The van der Waals surface area contributed by atoms with Crippen molar-refractivity contribution in [3.8, 4) is 5.75 Å². The van der Waals surface area contributed by atoms with Crippen molar-refractivity contribution < 1.29 is 14.5 Å². The normalized spacial score (nSPS) is 10.5. The quantitative estimate of drug-likeness (QED) is 0.568. The molecule has 0 aliphatic carbocycles. The molecule has 0 saturated heterocycles. The highest BCUT2D eigenvalue weighted by atomic mass is 16.6. The Labute approximate surface area is 130 Å². The first kappa shape index (κ1) is 14.5. The number of imidazole rings is 1. The number of H-pyrrole nitrogens is 1. The number of carbonyl (C=O) groups excluding carboxylic acids is 1. The Bertz CT molecular complexity index is 903. The number of benzene rings is 2. The van der Waals surface area contributed by atoms with Crippen LogP contribution in [-0.2, 0) is 0 Å². The second-order valence-electron chi connectivity index (χ2n) is 4.70. The van der Waals surface area contributed by atoms with E-state index in [-0.39, 0.29) is 17.0 Å². The van der Waals surface area contributed by atoms with E-state index in [1.807, 2.05) is 6.07 Å². The van der Waals surface area contributed by atoms with E-state index >= 15 is 0 Å². The summed E-state index contributed by atoms with van der Waals surface area (Å²) in [6.45, 7) is 0. The number of hydrogen-bond donors (Lipinski definition) is 2. The monoisotopic (exact) mass is 312 g/mol. The molecule has 0 unspecified atom stereocenters. The fraction of sp³-hybridized carbons (Fsp3) is 0.0667. The molecule has 1 heterocycles. The van der Waals surface area contributed by atoms with Crippen molar-refractivity contribution in [3.63, 3.8) is 0 Å². The minimum atomic E-state index is -0.593. The summed E-state index contributed by atoms with van der Waals surface area (Å²) in [5.41, 5.74) is 1.81. The van der Waals surface area contributed by atoms with Gasteiger partial charge in [0.25, 0.3) is 5.91 Å². The van der Waals surface area contributed by atoms with E-state index in [0.29, 0.717) is 11.2 Å². The van der Waals surface area contributed by atoms with E-state index in [2.05, 4.69) is 15.3 Å². The van der Waals surface area contributed by atoms with Gasteiger partial charge in [0, 0.05) is 11.6 Å². The van der Waals surface area contributed by atoms with Crippen molar-refractivity contribution in [2.24, 2.45) is 0 Å². The number of nitrogens with one attached hydrogen (secondary N) is 2. The first-order valence-corrected chi connectivity index (χ1v) is 6.66. The highest BCUT2D eigenvalue weighted by molar-refractivity contribution is 6.08. The minimum absolute atomic E-state index is 0.0981. The van der Waals surface area contributed by atoms with Crippen LogP contribution in [0, 0.1) is 10.1 Å². The van der Waals surface area contributed by atoms with E-state index in [0.717, 1.165) is 5.52 Å². The van der Waals surface area contributed by atoms with Gasteiger partial charge >= 0.3 is 5.69 Å². The number of fused-ring (bicyclic) bond motifs is 1. The highest BCUT2D eigenvalue weighted by Gasteiger charge is 2.18. The van der Waals surface area contributed by atoms with Gasteiger partial charge in [-0.3, -0.25) is 14.9 Å². The van der Waals surface area contributed by atoms with Crippen LogP contribution < -0.4 is 10.1 Å². The topological polar surface area (TPSA) is 110 Å². The maximum atomic E-state index is 12.3. The zero-order valence-electron chi connectivity index (χ0n) is 12.1. The number of methoxy groups -OCH3 is 1. The van der Waals surface area contributed by atoms with Crippen molar-refractivity contribution in [3.05, 3.63) is 58.4 Å². The molecule has 0 spiro atoms. The van der Waals surface area contributed by atoms with Crippen LogP contribution in [0.3, 0.4) is 0 Å². The number of nitro groups is 1. The number of ether oxygens (including phenoxy) is 1. The van der Waals surface area contributed by atoms with Crippen LogP contribution in [0.5, 0.6) is 5.75 Å². The summed E-state index contributed by atoms with van der Waals surface area (Å²) < 4.78 is 4.92. The van der Waals surface area contributed by atoms with Crippen molar-refractivity contribution in [2.45, 2.75) is 0 Å². The fourth-order valence-electron chi connectivity index (χ4n) is 2.23. The summed E-state index contributed by atoms with van der Waals surface area (Å²) in [5.74, 6) is -0.368. The smallest absolute Gasteiger partial charge is 0.311 e. The third kappa shape index (κ3) is 2.69. The molecule has 2 aromatic carbocycles.